The van der Waals surface area contributed by atoms with E-state index in [0.717, 1.165) is 34.3 Å². The van der Waals surface area contributed by atoms with Gasteiger partial charge in [0.25, 0.3) is 0 Å². The minimum absolute atomic E-state index is 0.0539. The maximum atomic E-state index is 12.9. The van der Waals surface area contributed by atoms with Crippen LogP contribution < -0.4 is 4.74 Å². The lowest BCUT2D eigenvalue weighted by Crippen LogP contribution is -2.46. The molecule has 142 valence electrons. The first-order valence-electron chi connectivity index (χ1n) is 9.02. The van der Waals surface area contributed by atoms with Gasteiger partial charge in [0.1, 0.15) is 5.75 Å². The Morgan fingerprint density at radius 1 is 1.32 bits per heavy atom. The molecule has 2 aliphatic heterocycles. The van der Waals surface area contributed by atoms with Crippen molar-refractivity contribution in [3.05, 3.63) is 70.5 Å². The van der Waals surface area contributed by atoms with E-state index in [-0.39, 0.29) is 11.8 Å². The topological polar surface area (TPSA) is 69.5 Å². The lowest BCUT2D eigenvalue weighted by atomic mass is 9.86. The smallest absolute Gasteiger partial charge is 0.229 e. The van der Waals surface area contributed by atoms with Crippen LogP contribution in [-0.4, -0.2) is 40.3 Å². The van der Waals surface area contributed by atoms with Gasteiger partial charge in [-0.25, -0.2) is 0 Å². The minimum Gasteiger partial charge on any atom is -0.497 e. The number of carbonyl (C=O) groups excluding carboxylic acids is 1. The van der Waals surface area contributed by atoms with Gasteiger partial charge >= 0.3 is 0 Å². The fraction of sp³-hybridized carbons (Fsp3) is 0.286. The highest BCUT2D eigenvalue weighted by atomic mass is 32.2. The van der Waals surface area contributed by atoms with Crippen LogP contribution in [0.15, 0.2) is 59.4 Å². The van der Waals surface area contributed by atoms with Crippen molar-refractivity contribution in [2.75, 3.05) is 19.7 Å². The molecular weight excluding hydrogens is 372 g/mol. The van der Waals surface area contributed by atoms with Crippen LogP contribution in [0.25, 0.3) is 0 Å². The first-order valence-corrected chi connectivity index (χ1v) is 10.0. The van der Waals surface area contributed by atoms with E-state index in [2.05, 4.69) is 16.0 Å². The predicted molar refractivity (Wildman–Crippen MR) is 107 cm³/mol. The van der Waals surface area contributed by atoms with Gasteiger partial charge in [0, 0.05) is 31.3 Å². The number of hydrogen-bond donors (Lipinski definition) is 0. The summed E-state index contributed by atoms with van der Waals surface area (Å²) in [5, 5.41) is 10.6. The third-order valence-corrected chi connectivity index (χ3v) is 6.20. The van der Waals surface area contributed by atoms with Gasteiger partial charge < -0.3 is 4.74 Å². The number of benzene rings is 1. The molecule has 0 radical (unpaired) electrons. The van der Waals surface area contributed by atoms with Gasteiger partial charge in [0.2, 0.25) is 5.91 Å². The summed E-state index contributed by atoms with van der Waals surface area (Å²) >= 11 is 1.56. The summed E-state index contributed by atoms with van der Waals surface area (Å²) in [4.78, 5) is 21.0. The molecule has 1 atom stereocenters. The minimum atomic E-state index is -0.202. The van der Waals surface area contributed by atoms with Crippen molar-refractivity contribution in [1.29, 1.82) is 5.26 Å². The van der Waals surface area contributed by atoms with E-state index in [0.29, 0.717) is 18.7 Å². The van der Waals surface area contributed by atoms with Crippen molar-refractivity contribution in [1.82, 2.24) is 14.8 Å². The Labute approximate surface area is 168 Å². The largest absolute Gasteiger partial charge is 0.497 e. The molecule has 28 heavy (non-hydrogen) atoms. The molecular formula is C21H20N4O2S. The van der Waals surface area contributed by atoms with E-state index in [1.165, 1.54) is 0 Å². The molecule has 2 aromatic rings. The van der Waals surface area contributed by atoms with Crippen LogP contribution in [-0.2, 0) is 11.3 Å². The average Bonchev–Trinajstić information content (AvgIpc) is 2.75. The zero-order chi connectivity index (χ0) is 19.5. The Morgan fingerprint density at radius 3 is 2.82 bits per heavy atom. The summed E-state index contributed by atoms with van der Waals surface area (Å²) in [5.41, 5.74) is 2.75. The van der Waals surface area contributed by atoms with Gasteiger partial charge in [-0.15, -0.1) is 0 Å². The van der Waals surface area contributed by atoms with Crippen LogP contribution in [0.1, 0.15) is 23.5 Å². The van der Waals surface area contributed by atoms with Gasteiger partial charge in [0.05, 0.1) is 36.3 Å². The second kappa shape index (κ2) is 8.05. The van der Waals surface area contributed by atoms with Crippen molar-refractivity contribution < 1.29 is 9.53 Å². The number of aromatic nitrogens is 1. The number of carbonyl (C=O) groups is 1. The number of rotatable bonds is 4. The number of thioether (sulfide) groups is 1. The van der Waals surface area contributed by atoms with Gasteiger partial charge in [-0.05, 0) is 29.3 Å². The number of methoxy groups -OCH3 is 1. The number of nitrogens with zero attached hydrogens (tertiary/aromatic N) is 4. The fourth-order valence-corrected chi connectivity index (χ4v) is 4.72. The van der Waals surface area contributed by atoms with Crippen LogP contribution in [0.2, 0.25) is 0 Å². The van der Waals surface area contributed by atoms with Crippen LogP contribution in [0.3, 0.4) is 0 Å². The molecule has 0 N–H and O–H groups in total. The lowest BCUT2D eigenvalue weighted by molar-refractivity contribution is -0.131. The number of amides is 1. The molecule has 0 saturated carbocycles. The number of allylic oxidation sites excluding steroid dienone is 1. The molecule has 4 rings (SSSR count). The Bertz CT molecular complexity index is 937. The highest BCUT2D eigenvalue weighted by molar-refractivity contribution is 8.03. The first kappa shape index (κ1) is 18.5. The van der Waals surface area contributed by atoms with Gasteiger partial charge in [-0.1, -0.05) is 30.0 Å². The average molecular weight is 392 g/mol. The SMILES string of the molecule is COc1ccc([C@H]2CC(=O)N3CN(Cc4cccnc4)CSC3=C2C#N)cc1. The van der Waals surface area contributed by atoms with Crippen molar-refractivity contribution in [2.24, 2.45) is 0 Å². The normalized spacial score (nSPS) is 19.9. The van der Waals surface area contributed by atoms with Crippen molar-refractivity contribution in [3.63, 3.8) is 0 Å². The van der Waals surface area contributed by atoms with Crippen molar-refractivity contribution >= 4 is 17.7 Å². The highest BCUT2D eigenvalue weighted by Crippen LogP contribution is 2.42. The molecule has 0 spiro atoms. The number of fused-ring (bicyclic) bond motifs is 1. The lowest BCUT2D eigenvalue weighted by Gasteiger charge is -2.41. The van der Waals surface area contributed by atoms with E-state index in [1.807, 2.05) is 42.6 Å². The molecule has 0 unspecified atom stereocenters. The van der Waals surface area contributed by atoms with Gasteiger partial charge in [0.15, 0.2) is 0 Å². The molecule has 7 heteroatoms. The summed E-state index contributed by atoms with van der Waals surface area (Å²) in [6.45, 7) is 1.22. The Balaban J connectivity index is 1.58. The van der Waals surface area contributed by atoms with Crippen molar-refractivity contribution in [3.8, 4) is 11.8 Å². The summed E-state index contributed by atoms with van der Waals surface area (Å²) < 4.78 is 5.21. The Morgan fingerprint density at radius 2 is 2.14 bits per heavy atom. The van der Waals surface area contributed by atoms with E-state index in [4.69, 9.17) is 4.74 Å². The van der Waals surface area contributed by atoms with E-state index in [1.54, 1.807) is 30.0 Å². The molecule has 1 aromatic heterocycles. The maximum Gasteiger partial charge on any atom is 0.229 e. The quantitative estimate of drug-likeness (QED) is 0.795. The number of pyridine rings is 1. The first-order chi connectivity index (χ1) is 13.7. The summed E-state index contributed by atoms with van der Waals surface area (Å²) in [6, 6.07) is 13.9. The molecule has 2 aliphatic rings. The van der Waals surface area contributed by atoms with E-state index in [9.17, 15) is 10.1 Å². The van der Waals surface area contributed by atoms with Crippen molar-refractivity contribution in [2.45, 2.75) is 18.9 Å². The zero-order valence-corrected chi connectivity index (χ0v) is 16.4. The second-order valence-corrected chi connectivity index (χ2v) is 7.72. The molecule has 0 bridgehead atoms. The molecule has 0 aliphatic carbocycles. The summed E-state index contributed by atoms with van der Waals surface area (Å²) in [5.74, 6) is 1.34. The second-order valence-electron chi connectivity index (χ2n) is 6.79. The number of hydrogen-bond acceptors (Lipinski definition) is 6. The molecule has 1 fully saturated rings. The molecule has 1 amide bonds. The monoisotopic (exact) mass is 392 g/mol. The summed E-state index contributed by atoms with van der Waals surface area (Å²) in [6.07, 6.45) is 3.90. The van der Waals surface area contributed by atoms with Crippen LogP contribution in [0.4, 0.5) is 0 Å². The van der Waals surface area contributed by atoms with Crippen LogP contribution in [0, 0.1) is 11.3 Å². The highest BCUT2D eigenvalue weighted by Gasteiger charge is 2.38. The van der Waals surface area contributed by atoms with Crippen LogP contribution in [0.5, 0.6) is 5.75 Å². The number of nitriles is 1. The van der Waals surface area contributed by atoms with E-state index < -0.39 is 0 Å². The van der Waals surface area contributed by atoms with Crippen LogP contribution >= 0.6 is 11.8 Å². The third kappa shape index (κ3) is 3.61. The molecule has 6 nitrogen and oxygen atoms in total. The maximum absolute atomic E-state index is 12.9. The fourth-order valence-electron chi connectivity index (χ4n) is 3.58. The zero-order valence-electron chi connectivity index (χ0n) is 15.5. The number of ether oxygens (including phenoxy) is 1. The Hall–Kier alpha value is -2.82. The molecule has 3 heterocycles. The molecule has 1 saturated heterocycles. The standard InChI is InChI=1S/C21H20N4O2S/c1-27-17-6-4-16(5-7-17)18-9-20(26)25-13-24(12-15-3-2-8-23-11-15)14-28-21(25)19(18)10-22/h2-8,11,18H,9,12-14H2,1H3/t18-/m1/s1. The summed E-state index contributed by atoms with van der Waals surface area (Å²) in [7, 11) is 1.62. The molecule has 1 aromatic carbocycles. The van der Waals surface area contributed by atoms with E-state index >= 15 is 0 Å². The van der Waals surface area contributed by atoms with Gasteiger partial charge in [-0.2, -0.15) is 5.26 Å². The third-order valence-electron chi connectivity index (χ3n) is 5.00. The predicted octanol–water partition coefficient (Wildman–Crippen LogP) is 3.31. The Kier molecular flexibility index (Phi) is 5.33. The van der Waals surface area contributed by atoms with Gasteiger partial charge in [-0.3, -0.25) is 19.6 Å².